The van der Waals surface area contributed by atoms with Gasteiger partial charge in [0.25, 0.3) is 5.56 Å². The Balaban J connectivity index is 1.70. The van der Waals surface area contributed by atoms with E-state index in [4.69, 9.17) is 4.74 Å². The van der Waals surface area contributed by atoms with E-state index >= 15 is 0 Å². The Kier molecular flexibility index (Phi) is 5.31. The number of aromatic nitrogens is 1. The number of hydrogen-bond acceptors (Lipinski definition) is 3. The van der Waals surface area contributed by atoms with Gasteiger partial charge in [-0.1, -0.05) is 12.1 Å². The molecule has 1 aromatic heterocycles. The molecule has 0 spiro atoms. The highest BCUT2D eigenvalue weighted by Crippen LogP contribution is 2.24. The monoisotopic (exact) mass is 354 g/mol. The molecular weight excluding hydrogens is 335 g/mol. The highest BCUT2D eigenvalue weighted by atomic mass is 19.1. The van der Waals surface area contributed by atoms with E-state index in [1.54, 1.807) is 24.3 Å². The molecule has 0 radical (unpaired) electrons. The Labute approximate surface area is 149 Å². The molecule has 0 aliphatic heterocycles. The molecule has 134 valence electrons. The lowest BCUT2D eigenvalue weighted by Crippen LogP contribution is -2.17. The summed E-state index contributed by atoms with van der Waals surface area (Å²) >= 11 is 0. The van der Waals surface area contributed by atoms with Crippen LogP contribution in [0, 0.1) is 5.82 Å². The van der Waals surface area contributed by atoms with Crippen LogP contribution in [0.2, 0.25) is 0 Å². The first-order valence-electron chi connectivity index (χ1n) is 8.40. The zero-order valence-electron chi connectivity index (χ0n) is 14.3. The fourth-order valence-corrected chi connectivity index (χ4v) is 2.72. The second-order valence-electron chi connectivity index (χ2n) is 5.83. The number of fused-ring (bicyclic) bond motifs is 1. The van der Waals surface area contributed by atoms with Crippen molar-refractivity contribution in [3.05, 3.63) is 70.3 Å². The van der Waals surface area contributed by atoms with Crippen molar-refractivity contribution in [2.24, 2.45) is 0 Å². The summed E-state index contributed by atoms with van der Waals surface area (Å²) in [6.07, 6.45) is 0.432. The maximum absolute atomic E-state index is 13.2. The van der Waals surface area contributed by atoms with Gasteiger partial charge in [0.1, 0.15) is 11.6 Å². The van der Waals surface area contributed by atoms with Gasteiger partial charge < -0.3 is 15.0 Å². The zero-order chi connectivity index (χ0) is 18.5. The van der Waals surface area contributed by atoms with Gasteiger partial charge in [0.05, 0.1) is 17.8 Å². The molecule has 0 unspecified atom stereocenters. The standard InChI is InChI=1S/C20H19FN2O3/c1-2-26-18-6-4-3-5-16(18)22-19(24)10-8-14-11-13-7-9-15(21)12-17(13)23-20(14)25/h3-7,9,11-12H,2,8,10H2,1H3,(H,22,24)(H,23,25). The average Bonchev–Trinajstić information content (AvgIpc) is 2.62. The van der Waals surface area contributed by atoms with Gasteiger partial charge in [-0.15, -0.1) is 0 Å². The smallest absolute Gasteiger partial charge is 0.251 e. The predicted octanol–water partition coefficient (Wildman–Crippen LogP) is 3.64. The number of aryl methyl sites for hydroxylation is 1. The Bertz CT molecular complexity index is 998. The van der Waals surface area contributed by atoms with Crippen LogP contribution in [0.5, 0.6) is 5.75 Å². The zero-order valence-corrected chi connectivity index (χ0v) is 14.3. The fourth-order valence-electron chi connectivity index (χ4n) is 2.72. The van der Waals surface area contributed by atoms with E-state index in [-0.39, 0.29) is 24.3 Å². The van der Waals surface area contributed by atoms with E-state index in [9.17, 15) is 14.0 Å². The maximum atomic E-state index is 13.2. The van der Waals surface area contributed by atoms with E-state index < -0.39 is 5.82 Å². The first-order valence-corrected chi connectivity index (χ1v) is 8.40. The third-order valence-corrected chi connectivity index (χ3v) is 3.97. The molecule has 0 aliphatic rings. The first kappa shape index (κ1) is 17.7. The van der Waals surface area contributed by atoms with Crippen LogP contribution in [0.4, 0.5) is 10.1 Å². The summed E-state index contributed by atoms with van der Waals surface area (Å²) in [4.78, 5) is 27.0. The van der Waals surface area contributed by atoms with Gasteiger partial charge in [-0.25, -0.2) is 4.39 Å². The number of halogens is 1. The lowest BCUT2D eigenvalue weighted by molar-refractivity contribution is -0.116. The van der Waals surface area contributed by atoms with Gasteiger partial charge in [0.2, 0.25) is 5.91 Å². The number of hydrogen-bond donors (Lipinski definition) is 2. The summed E-state index contributed by atoms with van der Waals surface area (Å²) in [6.45, 7) is 2.37. The molecule has 0 fully saturated rings. The second kappa shape index (κ2) is 7.82. The summed E-state index contributed by atoms with van der Waals surface area (Å²) in [5, 5.41) is 3.53. The van der Waals surface area contributed by atoms with Gasteiger partial charge in [-0.3, -0.25) is 9.59 Å². The molecule has 5 nitrogen and oxygen atoms in total. The summed E-state index contributed by atoms with van der Waals surface area (Å²) in [5.41, 5.74) is 1.21. The quantitative estimate of drug-likeness (QED) is 0.710. The van der Waals surface area contributed by atoms with Crippen molar-refractivity contribution in [3.63, 3.8) is 0 Å². The third kappa shape index (κ3) is 4.08. The molecule has 0 saturated carbocycles. The lowest BCUT2D eigenvalue weighted by Gasteiger charge is -2.11. The number of rotatable bonds is 6. The lowest BCUT2D eigenvalue weighted by atomic mass is 10.1. The average molecular weight is 354 g/mol. The number of amides is 1. The number of pyridine rings is 1. The highest BCUT2D eigenvalue weighted by molar-refractivity contribution is 5.92. The summed E-state index contributed by atoms with van der Waals surface area (Å²) < 4.78 is 18.7. The van der Waals surface area contributed by atoms with Crippen molar-refractivity contribution in [2.45, 2.75) is 19.8 Å². The molecule has 1 amide bonds. The van der Waals surface area contributed by atoms with Crippen molar-refractivity contribution in [3.8, 4) is 5.75 Å². The topological polar surface area (TPSA) is 71.2 Å². The summed E-state index contributed by atoms with van der Waals surface area (Å²) in [6, 6.07) is 13.1. The minimum absolute atomic E-state index is 0.149. The molecule has 0 bridgehead atoms. The number of aromatic amines is 1. The number of ether oxygens (including phenoxy) is 1. The van der Waals surface area contributed by atoms with Crippen LogP contribution in [0.25, 0.3) is 10.9 Å². The van der Waals surface area contributed by atoms with Crippen molar-refractivity contribution in [2.75, 3.05) is 11.9 Å². The van der Waals surface area contributed by atoms with Gasteiger partial charge in [0.15, 0.2) is 0 Å². The van der Waals surface area contributed by atoms with Crippen molar-refractivity contribution in [1.82, 2.24) is 4.98 Å². The maximum Gasteiger partial charge on any atom is 0.251 e. The first-order chi connectivity index (χ1) is 12.6. The van der Waals surface area contributed by atoms with Crippen LogP contribution < -0.4 is 15.6 Å². The predicted molar refractivity (Wildman–Crippen MR) is 99.1 cm³/mol. The number of H-pyrrole nitrogens is 1. The number of carbonyl (C=O) groups is 1. The number of anilines is 1. The molecule has 0 atom stereocenters. The molecule has 3 rings (SSSR count). The molecular formula is C20H19FN2O3. The number of para-hydroxylation sites is 2. The summed E-state index contributed by atoms with van der Waals surface area (Å²) in [7, 11) is 0. The normalized spacial score (nSPS) is 10.7. The minimum Gasteiger partial charge on any atom is -0.492 e. The van der Waals surface area contributed by atoms with Crippen LogP contribution >= 0.6 is 0 Å². The Morgan fingerprint density at radius 2 is 2.00 bits per heavy atom. The Morgan fingerprint density at radius 1 is 1.19 bits per heavy atom. The fraction of sp³-hybridized carbons (Fsp3) is 0.200. The molecule has 1 heterocycles. The molecule has 6 heteroatoms. The molecule has 2 aromatic carbocycles. The molecule has 0 aliphatic carbocycles. The van der Waals surface area contributed by atoms with Crippen LogP contribution in [-0.4, -0.2) is 17.5 Å². The van der Waals surface area contributed by atoms with Crippen molar-refractivity contribution < 1.29 is 13.9 Å². The highest BCUT2D eigenvalue weighted by Gasteiger charge is 2.10. The number of nitrogens with one attached hydrogen (secondary N) is 2. The van der Waals surface area contributed by atoms with E-state index in [0.717, 1.165) is 5.39 Å². The Morgan fingerprint density at radius 3 is 2.81 bits per heavy atom. The van der Waals surface area contributed by atoms with E-state index in [1.165, 1.54) is 12.1 Å². The van der Waals surface area contributed by atoms with Crippen LogP contribution in [0.1, 0.15) is 18.9 Å². The van der Waals surface area contributed by atoms with Gasteiger partial charge in [-0.2, -0.15) is 0 Å². The molecule has 3 aromatic rings. The third-order valence-electron chi connectivity index (χ3n) is 3.97. The SMILES string of the molecule is CCOc1ccccc1NC(=O)CCc1cc2ccc(F)cc2[nH]c1=O. The number of benzene rings is 2. The van der Waals surface area contributed by atoms with Crippen molar-refractivity contribution >= 4 is 22.5 Å². The molecule has 0 saturated heterocycles. The van der Waals surface area contributed by atoms with Gasteiger partial charge in [0, 0.05) is 12.0 Å². The van der Waals surface area contributed by atoms with E-state index in [0.29, 0.717) is 29.1 Å². The largest absolute Gasteiger partial charge is 0.492 e. The van der Waals surface area contributed by atoms with Crippen LogP contribution in [0.15, 0.2) is 53.3 Å². The molecule has 26 heavy (non-hydrogen) atoms. The minimum atomic E-state index is -0.409. The Hall–Kier alpha value is -3.15. The second-order valence-corrected chi connectivity index (χ2v) is 5.83. The van der Waals surface area contributed by atoms with E-state index in [1.807, 2.05) is 19.1 Å². The van der Waals surface area contributed by atoms with Gasteiger partial charge in [-0.05, 0) is 55.1 Å². The van der Waals surface area contributed by atoms with E-state index in [2.05, 4.69) is 10.3 Å². The van der Waals surface area contributed by atoms with Gasteiger partial charge >= 0.3 is 0 Å². The van der Waals surface area contributed by atoms with Crippen molar-refractivity contribution in [1.29, 1.82) is 0 Å². The molecule has 2 N–H and O–H groups in total. The summed E-state index contributed by atoms with van der Waals surface area (Å²) in [5.74, 6) is -0.0158. The van der Waals surface area contributed by atoms with Crippen LogP contribution in [-0.2, 0) is 11.2 Å². The van der Waals surface area contributed by atoms with Crippen LogP contribution in [0.3, 0.4) is 0 Å². The number of carbonyl (C=O) groups excluding carboxylic acids is 1.